The number of likely N-dealkylation sites (N-methyl/N-ethyl adjacent to an activating group) is 1. The Hall–Kier alpha value is -0.570. The number of hydrogen-bond donors (Lipinski definition) is 0. The van der Waals surface area contributed by atoms with Crippen LogP contribution in [0.1, 0.15) is 33.1 Å². The Morgan fingerprint density at radius 1 is 1.57 bits per heavy atom. The molecule has 2 heterocycles. The van der Waals surface area contributed by atoms with E-state index < -0.39 is 0 Å². The van der Waals surface area contributed by atoms with Crippen molar-refractivity contribution in [2.75, 3.05) is 7.05 Å². The van der Waals surface area contributed by atoms with Crippen LogP contribution in [0, 0.1) is 5.92 Å². The average molecular weight is 197 g/mol. The Morgan fingerprint density at radius 2 is 2.29 bits per heavy atom. The molecule has 0 aromatic rings. The normalized spacial score (nSPS) is 43.5. The molecule has 0 aromatic heterocycles. The van der Waals surface area contributed by atoms with Crippen LogP contribution in [-0.4, -0.2) is 36.1 Å². The maximum atomic E-state index is 11.3. The monoisotopic (exact) mass is 197 g/mol. The highest BCUT2D eigenvalue weighted by Crippen LogP contribution is 2.38. The lowest BCUT2D eigenvalue weighted by atomic mass is 9.90. The highest BCUT2D eigenvalue weighted by Gasteiger charge is 2.46. The van der Waals surface area contributed by atoms with Crippen molar-refractivity contribution in [2.45, 2.75) is 51.3 Å². The van der Waals surface area contributed by atoms with Gasteiger partial charge in [-0.3, -0.25) is 9.69 Å². The molecule has 2 rings (SSSR count). The minimum Gasteiger partial charge on any atom is -0.461 e. The number of ether oxygens (including phenoxy) is 1. The second kappa shape index (κ2) is 3.54. The Balaban J connectivity index is 2.14. The standard InChI is InChI=1S/C11H19NO2/c1-4-9-5-8-6-10(13)14-7(2)11(8)12(9)3/h7-9,11H,4-6H2,1-3H3. The lowest BCUT2D eigenvalue weighted by molar-refractivity contribution is -0.159. The number of nitrogens with zero attached hydrogens (tertiary/aromatic N) is 1. The molecule has 2 saturated heterocycles. The molecule has 2 aliphatic heterocycles. The topological polar surface area (TPSA) is 29.5 Å². The third-order valence-corrected chi connectivity index (χ3v) is 3.80. The maximum absolute atomic E-state index is 11.3. The lowest BCUT2D eigenvalue weighted by Crippen LogP contribution is -2.47. The summed E-state index contributed by atoms with van der Waals surface area (Å²) in [6.45, 7) is 4.23. The molecule has 14 heavy (non-hydrogen) atoms. The Morgan fingerprint density at radius 3 is 2.93 bits per heavy atom. The Labute approximate surface area is 85.4 Å². The molecule has 4 atom stereocenters. The third-order valence-electron chi connectivity index (χ3n) is 3.80. The molecule has 0 saturated carbocycles. The highest BCUT2D eigenvalue weighted by atomic mass is 16.5. The fourth-order valence-corrected chi connectivity index (χ4v) is 3.14. The molecule has 0 radical (unpaired) electrons. The second-order valence-corrected chi connectivity index (χ2v) is 4.61. The molecule has 0 aromatic carbocycles. The number of carbonyl (C=O) groups is 1. The number of likely N-dealkylation sites (tertiary alicyclic amines) is 1. The van der Waals surface area contributed by atoms with Gasteiger partial charge in [0.15, 0.2) is 0 Å². The van der Waals surface area contributed by atoms with Crippen molar-refractivity contribution >= 4 is 5.97 Å². The SMILES string of the molecule is CCC1CC2CC(=O)OC(C)C2N1C. The van der Waals surface area contributed by atoms with E-state index in [1.807, 2.05) is 6.92 Å². The molecule has 2 aliphatic rings. The molecular weight excluding hydrogens is 178 g/mol. The molecule has 0 spiro atoms. The number of hydrogen-bond acceptors (Lipinski definition) is 3. The summed E-state index contributed by atoms with van der Waals surface area (Å²) in [5.74, 6) is 0.519. The quantitative estimate of drug-likeness (QED) is 0.595. The van der Waals surface area contributed by atoms with Gasteiger partial charge in [0.2, 0.25) is 0 Å². The summed E-state index contributed by atoms with van der Waals surface area (Å²) in [4.78, 5) is 13.7. The number of fused-ring (bicyclic) bond motifs is 1. The van der Waals surface area contributed by atoms with Gasteiger partial charge in [0.05, 0.1) is 6.42 Å². The summed E-state index contributed by atoms with van der Waals surface area (Å²) in [5.41, 5.74) is 0. The fourth-order valence-electron chi connectivity index (χ4n) is 3.14. The first-order valence-electron chi connectivity index (χ1n) is 5.55. The van der Waals surface area contributed by atoms with Gasteiger partial charge in [0.1, 0.15) is 6.10 Å². The summed E-state index contributed by atoms with van der Waals surface area (Å²) in [7, 11) is 2.16. The summed E-state index contributed by atoms with van der Waals surface area (Å²) < 4.78 is 5.28. The van der Waals surface area contributed by atoms with E-state index in [4.69, 9.17) is 4.74 Å². The van der Waals surface area contributed by atoms with Crippen LogP contribution in [0.4, 0.5) is 0 Å². The average Bonchev–Trinajstić information content (AvgIpc) is 2.42. The lowest BCUT2D eigenvalue weighted by Gasteiger charge is -2.35. The van der Waals surface area contributed by atoms with Crippen LogP contribution in [-0.2, 0) is 9.53 Å². The van der Waals surface area contributed by atoms with E-state index in [0.29, 0.717) is 24.4 Å². The second-order valence-electron chi connectivity index (χ2n) is 4.61. The van der Waals surface area contributed by atoms with Crippen molar-refractivity contribution in [3.8, 4) is 0 Å². The summed E-state index contributed by atoms with van der Waals surface area (Å²) >= 11 is 0. The molecule has 3 heteroatoms. The number of esters is 1. The molecule has 0 bridgehead atoms. The van der Waals surface area contributed by atoms with Crippen LogP contribution in [0.15, 0.2) is 0 Å². The van der Waals surface area contributed by atoms with Crippen LogP contribution in [0.5, 0.6) is 0 Å². The van der Waals surface area contributed by atoms with E-state index in [9.17, 15) is 4.79 Å². The number of rotatable bonds is 1. The van der Waals surface area contributed by atoms with Gasteiger partial charge in [-0.05, 0) is 32.7 Å². The van der Waals surface area contributed by atoms with Crippen molar-refractivity contribution in [1.29, 1.82) is 0 Å². The van der Waals surface area contributed by atoms with E-state index in [1.54, 1.807) is 0 Å². The van der Waals surface area contributed by atoms with E-state index in [0.717, 1.165) is 6.42 Å². The van der Waals surface area contributed by atoms with E-state index in [2.05, 4.69) is 18.9 Å². The van der Waals surface area contributed by atoms with Crippen LogP contribution in [0.25, 0.3) is 0 Å². The van der Waals surface area contributed by atoms with Gasteiger partial charge >= 0.3 is 5.97 Å². The van der Waals surface area contributed by atoms with Gasteiger partial charge in [-0.25, -0.2) is 0 Å². The Bertz CT molecular complexity index is 241. The molecule has 0 aliphatic carbocycles. The van der Waals surface area contributed by atoms with E-state index >= 15 is 0 Å². The van der Waals surface area contributed by atoms with Gasteiger partial charge in [0.25, 0.3) is 0 Å². The zero-order valence-electron chi connectivity index (χ0n) is 9.19. The summed E-state index contributed by atoms with van der Waals surface area (Å²) in [6.07, 6.45) is 3.03. The molecule has 2 fully saturated rings. The van der Waals surface area contributed by atoms with Crippen LogP contribution in [0.3, 0.4) is 0 Å². The molecule has 3 nitrogen and oxygen atoms in total. The van der Waals surface area contributed by atoms with Gasteiger partial charge < -0.3 is 4.74 Å². The highest BCUT2D eigenvalue weighted by molar-refractivity contribution is 5.71. The van der Waals surface area contributed by atoms with Crippen molar-refractivity contribution in [3.05, 3.63) is 0 Å². The Kier molecular flexibility index (Phi) is 2.52. The first kappa shape index (κ1) is 9.97. The number of cyclic esters (lactones) is 1. The summed E-state index contributed by atoms with van der Waals surface area (Å²) in [5, 5.41) is 0. The van der Waals surface area contributed by atoms with Gasteiger partial charge in [-0.2, -0.15) is 0 Å². The van der Waals surface area contributed by atoms with Crippen molar-refractivity contribution in [2.24, 2.45) is 5.92 Å². The molecule has 80 valence electrons. The molecule has 0 N–H and O–H groups in total. The zero-order valence-corrected chi connectivity index (χ0v) is 9.19. The van der Waals surface area contributed by atoms with Crippen LogP contribution < -0.4 is 0 Å². The minimum absolute atomic E-state index is 0.0103. The van der Waals surface area contributed by atoms with Crippen LogP contribution >= 0.6 is 0 Å². The predicted molar refractivity (Wildman–Crippen MR) is 53.9 cm³/mol. The molecule has 0 amide bonds. The summed E-state index contributed by atoms with van der Waals surface area (Å²) in [6, 6.07) is 1.10. The largest absolute Gasteiger partial charge is 0.461 e. The van der Waals surface area contributed by atoms with Gasteiger partial charge in [-0.15, -0.1) is 0 Å². The van der Waals surface area contributed by atoms with Crippen molar-refractivity contribution in [1.82, 2.24) is 4.90 Å². The fraction of sp³-hybridized carbons (Fsp3) is 0.909. The van der Waals surface area contributed by atoms with E-state index in [-0.39, 0.29) is 12.1 Å². The van der Waals surface area contributed by atoms with Gasteiger partial charge in [-0.1, -0.05) is 6.92 Å². The third kappa shape index (κ3) is 1.44. The molecular formula is C11H19NO2. The zero-order chi connectivity index (χ0) is 10.3. The van der Waals surface area contributed by atoms with Crippen molar-refractivity contribution < 1.29 is 9.53 Å². The predicted octanol–water partition coefficient (Wildman–Crippen LogP) is 1.42. The first-order valence-corrected chi connectivity index (χ1v) is 5.55. The molecule has 4 unspecified atom stereocenters. The van der Waals surface area contributed by atoms with E-state index in [1.165, 1.54) is 6.42 Å². The van der Waals surface area contributed by atoms with Gasteiger partial charge in [0, 0.05) is 12.1 Å². The van der Waals surface area contributed by atoms with Crippen LogP contribution in [0.2, 0.25) is 0 Å². The minimum atomic E-state index is -0.0103. The number of carbonyl (C=O) groups excluding carboxylic acids is 1. The smallest absolute Gasteiger partial charge is 0.306 e. The maximum Gasteiger partial charge on any atom is 0.306 e. The first-order chi connectivity index (χ1) is 6.63. The van der Waals surface area contributed by atoms with Crippen molar-refractivity contribution in [3.63, 3.8) is 0 Å².